The number of pyridine rings is 1. The van der Waals surface area contributed by atoms with Crippen LogP contribution in [0.5, 0.6) is 11.5 Å². The zero-order chi connectivity index (χ0) is 18.9. The summed E-state index contributed by atoms with van der Waals surface area (Å²) in [5, 5.41) is 2.81. The van der Waals surface area contributed by atoms with Crippen molar-refractivity contribution in [1.29, 1.82) is 0 Å². The Morgan fingerprint density at radius 3 is 2.23 bits per heavy atom. The largest absolute Gasteiger partial charge is 0.496 e. The zero-order valence-electron chi connectivity index (χ0n) is 15.2. The molecule has 0 fully saturated rings. The van der Waals surface area contributed by atoms with Gasteiger partial charge in [0.2, 0.25) is 5.91 Å². The van der Waals surface area contributed by atoms with Crippen LogP contribution >= 0.6 is 0 Å². The van der Waals surface area contributed by atoms with Crippen LogP contribution in [0.15, 0.2) is 42.7 Å². The molecule has 2 rings (SSSR count). The predicted octanol–water partition coefficient (Wildman–Crippen LogP) is 1.88. The monoisotopic (exact) mass is 357 g/mol. The number of benzene rings is 1. The Morgan fingerprint density at radius 1 is 1.08 bits per heavy atom. The first-order chi connectivity index (χ1) is 12.6. The number of ether oxygens (including phenoxy) is 2. The van der Waals surface area contributed by atoms with Crippen molar-refractivity contribution in [3.63, 3.8) is 0 Å². The summed E-state index contributed by atoms with van der Waals surface area (Å²) in [6.45, 7) is 2.67. The van der Waals surface area contributed by atoms with Crippen molar-refractivity contribution in [1.82, 2.24) is 15.2 Å². The van der Waals surface area contributed by atoms with Crippen LogP contribution in [0.25, 0.3) is 0 Å². The first kappa shape index (κ1) is 19.2. The van der Waals surface area contributed by atoms with Gasteiger partial charge in [0.25, 0.3) is 5.91 Å². The minimum Gasteiger partial charge on any atom is -0.496 e. The second kappa shape index (κ2) is 9.41. The summed E-state index contributed by atoms with van der Waals surface area (Å²) >= 11 is 0. The van der Waals surface area contributed by atoms with Gasteiger partial charge in [0, 0.05) is 39.0 Å². The summed E-state index contributed by atoms with van der Waals surface area (Å²) < 4.78 is 10.5. The highest BCUT2D eigenvalue weighted by atomic mass is 16.5. The lowest BCUT2D eigenvalue weighted by Gasteiger charge is -2.21. The lowest BCUT2D eigenvalue weighted by molar-refractivity contribution is -0.129. The van der Waals surface area contributed by atoms with Crippen molar-refractivity contribution < 1.29 is 19.1 Å². The zero-order valence-corrected chi connectivity index (χ0v) is 15.2. The lowest BCUT2D eigenvalue weighted by atomic mass is 10.1. The summed E-state index contributed by atoms with van der Waals surface area (Å²) in [6.07, 6.45) is 3.37. The Labute approximate surface area is 152 Å². The van der Waals surface area contributed by atoms with Gasteiger partial charge in [-0.2, -0.15) is 0 Å². The molecule has 0 atom stereocenters. The Hall–Kier alpha value is -3.09. The topological polar surface area (TPSA) is 80.8 Å². The predicted molar refractivity (Wildman–Crippen MR) is 97.2 cm³/mol. The number of methoxy groups -OCH3 is 2. The number of carbonyl (C=O) groups is 2. The molecule has 0 bridgehead atoms. The van der Waals surface area contributed by atoms with E-state index in [4.69, 9.17) is 9.47 Å². The fourth-order valence-corrected chi connectivity index (χ4v) is 2.52. The summed E-state index contributed by atoms with van der Waals surface area (Å²) in [5.41, 5.74) is 1.31. The van der Waals surface area contributed by atoms with Crippen molar-refractivity contribution in [2.24, 2.45) is 0 Å². The first-order valence-electron chi connectivity index (χ1n) is 8.20. The van der Waals surface area contributed by atoms with Crippen molar-refractivity contribution in [3.8, 4) is 11.5 Å². The molecule has 0 aliphatic heterocycles. The average molecular weight is 357 g/mol. The van der Waals surface area contributed by atoms with Gasteiger partial charge in [0.05, 0.1) is 14.2 Å². The van der Waals surface area contributed by atoms with E-state index in [2.05, 4.69) is 10.3 Å². The Bertz CT molecular complexity index is 727. The molecule has 2 aromatic rings. The van der Waals surface area contributed by atoms with E-state index in [1.807, 2.05) is 12.1 Å². The molecule has 0 radical (unpaired) electrons. The molecule has 2 amide bonds. The maximum absolute atomic E-state index is 12.5. The van der Waals surface area contributed by atoms with Crippen molar-refractivity contribution in [2.45, 2.75) is 13.5 Å². The van der Waals surface area contributed by atoms with Gasteiger partial charge in [-0.05, 0) is 29.8 Å². The normalized spacial score (nSPS) is 10.1. The fourth-order valence-electron chi connectivity index (χ4n) is 2.52. The van der Waals surface area contributed by atoms with Crippen LogP contribution in [0.2, 0.25) is 0 Å². The van der Waals surface area contributed by atoms with Gasteiger partial charge in [-0.3, -0.25) is 14.6 Å². The van der Waals surface area contributed by atoms with E-state index in [0.717, 1.165) is 5.56 Å². The van der Waals surface area contributed by atoms with Gasteiger partial charge >= 0.3 is 0 Å². The number of hydrogen-bond acceptors (Lipinski definition) is 5. The minimum absolute atomic E-state index is 0.0640. The third-order valence-electron chi connectivity index (χ3n) is 3.89. The van der Waals surface area contributed by atoms with E-state index in [0.29, 0.717) is 36.7 Å². The molecule has 1 N–H and O–H groups in total. The van der Waals surface area contributed by atoms with Crippen LogP contribution < -0.4 is 14.8 Å². The molecule has 1 heterocycles. The first-order valence-corrected chi connectivity index (χ1v) is 8.20. The van der Waals surface area contributed by atoms with Gasteiger partial charge < -0.3 is 19.7 Å². The molecule has 0 aliphatic carbocycles. The Balaban J connectivity index is 1.99. The third kappa shape index (κ3) is 4.95. The molecule has 26 heavy (non-hydrogen) atoms. The second-order valence-electron chi connectivity index (χ2n) is 5.59. The second-order valence-corrected chi connectivity index (χ2v) is 5.59. The van der Waals surface area contributed by atoms with Crippen LogP contribution in [0, 0.1) is 0 Å². The number of amides is 2. The smallest absolute Gasteiger partial charge is 0.258 e. The average Bonchev–Trinajstić information content (AvgIpc) is 2.66. The van der Waals surface area contributed by atoms with Crippen LogP contribution in [-0.4, -0.2) is 49.0 Å². The maximum Gasteiger partial charge on any atom is 0.258 e. The highest BCUT2D eigenvalue weighted by Crippen LogP contribution is 2.27. The fraction of sp³-hybridized carbons (Fsp3) is 0.316. The maximum atomic E-state index is 12.5. The van der Waals surface area contributed by atoms with Gasteiger partial charge in [-0.25, -0.2) is 0 Å². The molecule has 0 aliphatic rings. The quantitative estimate of drug-likeness (QED) is 0.780. The summed E-state index contributed by atoms with van der Waals surface area (Å²) in [7, 11) is 3.00. The molecule has 0 saturated heterocycles. The molecule has 7 heteroatoms. The van der Waals surface area contributed by atoms with Gasteiger partial charge in [0.15, 0.2) is 0 Å². The Morgan fingerprint density at radius 2 is 1.69 bits per heavy atom. The summed E-state index contributed by atoms with van der Waals surface area (Å²) in [5.74, 6) is 0.488. The van der Waals surface area contributed by atoms with Gasteiger partial charge in [-0.1, -0.05) is 6.07 Å². The molecule has 1 aromatic heterocycles. The minimum atomic E-state index is -0.313. The van der Waals surface area contributed by atoms with Crippen LogP contribution in [0.3, 0.4) is 0 Å². The Kier molecular flexibility index (Phi) is 6.96. The van der Waals surface area contributed by atoms with E-state index < -0.39 is 0 Å². The van der Waals surface area contributed by atoms with E-state index in [-0.39, 0.29) is 11.8 Å². The molecule has 0 saturated carbocycles. The van der Waals surface area contributed by atoms with Crippen LogP contribution in [0.1, 0.15) is 22.8 Å². The summed E-state index contributed by atoms with van der Waals surface area (Å²) in [4.78, 5) is 30.0. The number of carbonyl (C=O) groups excluding carboxylic acids is 2. The molecular formula is C19H23N3O4. The number of rotatable bonds is 8. The molecule has 138 valence electrons. The lowest BCUT2D eigenvalue weighted by Crippen LogP contribution is -2.37. The number of nitrogens with one attached hydrogen (secondary N) is 1. The van der Waals surface area contributed by atoms with Crippen molar-refractivity contribution in [3.05, 3.63) is 53.9 Å². The molecule has 7 nitrogen and oxygen atoms in total. The van der Waals surface area contributed by atoms with E-state index in [1.165, 1.54) is 21.1 Å². The van der Waals surface area contributed by atoms with E-state index >= 15 is 0 Å². The molecule has 0 unspecified atom stereocenters. The molecule has 1 aromatic carbocycles. The third-order valence-corrected chi connectivity index (χ3v) is 3.89. The number of hydrogen-bond donors (Lipinski definition) is 1. The van der Waals surface area contributed by atoms with E-state index in [1.54, 1.807) is 35.5 Å². The van der Waals surface area contributed by atoms with Gasteiger partial charge in [0.1, 0.15) is 17.1 Å². The van der Waals surface area contributed by atoms with Crippen LogP contribution in [-0.2, 0) is 11.3 Å². The van der Waals surface area contributed by atoms with Crippen molar-refractivity contribution >= 4 is 11.8 Å². The molecular weight excluding hydrogens is 334 g/mol. The van der Waals surface area contributed by atoms with Crippen molar-refractivity contribution in [2.75, 3.05) is 27.3 Å². The SMILES string of the molecule is COc1cccc(OC)c1C(=O)NCCN(Cc1ccncc1)C(C)=O. The highest BCUT2D eigenvalue weighted by Gasteiger charge is 2.18. The number of aromatic nitrogens is 1. The van der Waals surface area contributed by atoms with Gasteiger partial charge in [-0.15, -0.1) is 0 Å². The highest BCUT2D eigenvalue weighted by molar-refractivity contribution is 5.99. The number of nitrogens with zero attached hydrogens (tertiary/aromatic N) is 2. The van der Waals surface area contributed by atoms with Crippen LogP contribution in [0.4, 0.5) is 0 Å². The molecule has 0 spiro atoms. The van der Waals surface area contributed by atoms with E-state index in [9.17, 15) is 9.59 Å². The summed E-state index contributed by atoms with van der Waals surface area (Å²) in [6, 6.07) is 8.86. The standard InChI is InChI=1S/C19H23N3O4/c1-14(23)22(13-15-7-9-20-10-8-15)12-11-21-19(24)18-16(25-2)5-4-6-17(18)26-3/h4-10H,11-13H2,1-3H3,(H,21,24).